The standard InChI is InChI=1S/C10H7NO4S/c11-7-1-2-9-6(3-7)4-8(5-10(9)12)16(13,14)15/h1-5,12H,(H,13,14,15). The molecule has 0 bridgehead atoms. The summed E-state index contributed by atoms with van der Waals surface area (Å²) < 4.78 is 30.6. The smallest absolute Gasteiger partial charge is 0.294 e. The second-order valence-electron chi connectivity index (χ2n) is 3.32. The Balaban J connectivity index is 2.85. The molecule has 5 nitrogen and oxygen atoms in total. The Kier molecular flexibility index (Phi) is 2.25. The zero-order chi connectivity index (χ0) is 11.9. The van der Waals surface area contributed by atoms with Gasteiger partial charge in [-0.3, -0.25) is 4.55 Å². The largest absolute Gasteiger partial charge is 0.507 e. The molecule has 2 aromatic rings. The van der Waals surface area contributed by atoms with Gasteiger partial charge in [-0.25, -0.2) is 0 Å². The first-order chi connectivity index (χ1) is 7.38. The van der Waals surface area contributed by atoms with Gasteiger partial charge in [0.25, 0.3) is 10.1 Å². The number of phenols is 1. The van der Waals surface area contributed by atoms with E-state index in [1.807, 2.05) is 0 Å². The van der Waals surface area contributed by atoms with Crippen LogP contribution in [0, 0.1) is 0 Å². The molecule has 2 rings (SSSR count). The van der Waals surface area contributed by atoms with Crippen LogP contribution in [0.3, 0.4) is 0 Å². The summed E-state index contributed by atoms with van der Waals surface area (Å²) in [5, 5.41) is 10.3. The van der Waals surface area contributed by atoms with E-state index in [-0.39, 0.29) is 11.4 Å². The van der Waals surface area contributed by atoms with Crippen molar-refractivity contribution in [3.05, 3.63) is 30.3 Å². The van der Waals surface area contributed by atoms with E-state index < -0.39 is 15.0 Å². The van der Waals surface area contributed by atoms with Crippen LogP contribution in [0.15, 0.2) is 35.2 Å². The van der Waals surface area contributed by atoms with E-state index in [1.54, 1.807) is 0 Å². The van der Waals surface area contributed by atoms with E-state index in [0.717, 1.165) is 6.07 Å². The van der Waals surface area contributed by atoms with Crippen LogP contribution < -0.4 is 5.73 Å². The van der Waals surface area contributed by atoms with Crippen molar-refractivity contribution < 1.29 is 18.1 Å². The van der Waals surface area contributed by atoms with Gasteiger partial charge in [-0.1, -0.05) is 0 Å². The second-order valence-corrected chi connectivity index (χ2v) is 4.74. The maximum atomic E-state index is 10.9. The minimum absolute atomic E-state index is 0.0561. The number of aromatic hydroxyl groups is 1. The molecule has 0 aliphatic carbocycles. The summed E-state index contributed by atoms with van der Waals surface area (Å²) in [6, 6.07) is 6.24. The summed E-state index contributed by atoms with van der Waals surface area (Å²) in [6.07, 6.45) is 0. The Labute approximate surface area is 91.9 Å². The zero-order valence-corrected chi connectivity index (χ0v) is 8.77. The van der Waals surface area contributed by atoms with Crippen molar-refractivity contribution in [3.63, 3.8) is 0 Å². The topological polar surface area (TPSA) is 96.9 Å². The van der Waals surface area contributed by atoms with Crippen LogP contribution in [0.2, 0.25) is 0 Å². The van der Waals surface area contributed by atoms with Gasteiger partial charge >= 0.3 is 0 Å². The minimum Gasteiger partial charge on any atom is -0.507 e. The molecule has 0 saturated heterocycles. The molecule has 6 heteroatoms. The van der Waals surface area contributed by atoms with Gasteiger partial charge in [0.2, 0.25) is 0 Å². The van der Waals surface area contributed by atoms with E-state index in [0.29, 0.717) is 10.8 Å². The Morgan fingerprint density at radius 1 is 1.12 bits per heavy atom. The molecule has 2 N–H and O–H groups in total. The highest BCUT2D eigenvalue weighted by Crippen LogP contribution is 2.30. The van der Waals surface area contributed by atoms with E-state index in [4.69, 9.17) is 4.55 Å². The Morgan fingerprint density at radius 2 is 1.81 bits per heavy atom. The molecule has 0 heterocycles. The highest BCUT2D eigenvalue weighted by Gasteiger charge is 2.13. The van der Waals surface area contributed by atoms with Crippen molar-refractivity contribution >= 4 is 26.6 Å². The van der Waals surface area contributed by atoms with Crippen LogP contribution in [0.1, 0.15) is 0 Å². The average Bonchev–Trinajstić information content (AvgIpc) is 2.15. The number of benzene rings is 2. The highest BCUT2D eigenvalue weighted by molar-refractivity contribution is 7.85. The molecular formula is C10H7NO4S. The summed E-state index contributed by atoms with van der Waals surface area (Å²) in [5.74, 6) is -0.273. The normalized spacial score (nSPS) is 11.8. The van der Waals surface area contributed by atoms with Gasteiger partial charge in [0.1, 0.15) is 5.75 Å². The molecule has 0 aliphatic heterocycles. The van der Waals surface area contributed by atoms with Crippen LogP contribution in [0.4, 0.5) is 5.69 Å². The summed E-state index contributed by atoms with van der Waals surface area (Å²) >= 11 is 0. The third-order valence-corrected chi connectivity index (χ3v) is 3.02. The zero-order valence-electron chi connectivity index (χ0n) is 7.95. The summed E-state index contributed by atoms with van der Waals surface area (Å²) in [7, 11) is -4.37. The summed E-state index contributed by atoms with van der Waals surface area (Å²) in [5.41, 5.74) is 9.17. The first-order valence-electron chi connectivity index (χ1n) is 4.31. The van der Waals surface area contributed by atoms with Crippen LogP contribution in [-0.4, -0.2) is 18.1 Å². The maximum Gasteiger partial charge on any atom is 0.294 e. The third kappa shape index (κ3) is 1.80. The highest BCUT2D eigenvalue weighted by atomic mass is 32.2. The van der Waals surface area contributed by atoms with Crippen molar-refractivity contribution in [2.45, 2.75) is 4.90 Å². The Bertz CT molecular complexity index is 664. The van der Waals surface area contributed by atoms with E-state index in [1.165, 1.54) is 24.3 Å². The predicted octanol–water partition coefficient (Wildman–Crippen LogP) is 1.49. The maximum absolute atomic E-state index is 10.9. The lowest BCUT2D eigenvalue weighted by Crippen LogP contribution is -1.97. The molecule has 0 saturated carbocycles. The third-order valence-electron chi connectivity index (χ3n) is 2.19. The van der Waals surface area contributed by atoms with Crippen molar-refractivity contribution in [2.75, 3.05) is 0 Å². The van der Waals surface area contributed by atoms with Crippen LogP contribution in [0.25, 0.3) is 10.8 Å². The van der Waals surface area contributed by atoms with Crippen LogP contribution >= 0.6 is 0 Å². The molecule has 0 aliphatic rings. The molecule has 0 unspecified atom stereocenters. The fourth-order valence-corrected chi connectivity index (χ4v) is 2.00. The molecule has 0 spiro atoms. The Morgan fingerprint density at radius 3 is 2.44 bits per heavy atom. The summed E-state index contributed by atoms with van der Waals surface area (Å²) in [4.78, 5) is -0.414. The fourth-order valence-electron chi connectivity index (χ4n) is 1.46. The summed E-state index contributed by atoms with van der Waals surface area (Å²) in [6.45, 7) is 0. The number of hydrogen-bond donors (Lipinski definition) is 2. The number of phenolic OH excluding ortho intramolecular Hbond substituents is 1. The molecule has 2 radical (unpaired) electrons. The molecular weight excluding hydrogens is 230 g/mol. The van der Waals surface area contributed by atoms with E-state index in [2.05, 4.69) is 0 Å². The van der Waals surface area contributed by atoms with Gasteiger partial charge in [0.15, 0.2) is 0 Å². The van der Waals surface area contributed by atoms with Crippen molar-refractivity contribution in [3.8, 4) is 5.75 Å². The van der Waals surface area contributed by atoms with Crippen molar-refractivity contribution in [1.82, 2.24) is 5.73 Å². The van der Waals surface area contributed by atoms with Gasteiger partial charge < -0.3 is 5.11 Å². The molecule has 82 valence electrons. The molecule has 0 fully saturated rings. The monoisotopic (exact) mass is 237 g/mol. The molecule has 0 aromatic heterocycles. The van der Waals surface area contributed by atoms with Gasteiger partial charge in [0, 0.05) is 11.5 Å². The van der Waals surface area contributed by atoms with Gasteiger partial charge in [-0.05, 0) is 29.7 Å². The SMILES string of the molecule is [N]c1ccc2c(O)cc(S(=O)(=O)O)cc2c1. The van der Waals surface area contributed by atoms with Gasteiger partial charge in [-0.2, -0.15) is 14.2 Å². The van der Waals surface area contributed by atoms with Crippen LogP contribution in [-0.2, 0) is 10.1 Å². The fraction of sp³-hybridized carbons (Fsp3) is 0. The van der Waals surface area contributed by atoms with Crippen molar-refractivity contribution in [1.29, 1.82) is 0 Å². The number of fused-ring (bicyclic) bond motifs is 1. The predicted molar refractivity (Wildman–Crippen MR) is 57.2 cm³/mol. The molecule has 16 heavy (non-hydrogen) atoms. The first-order valence-corrected chi connectivity index (χ1v) is 5.75. The Hall–Kier alpha value is -1.79. The number of hydrogen-bond acceptors (Lipinski definition) is 3. The lowest BCUT2D eigenvalue weighted by atomic mass is 10.1. The van der Waals surface area contributed by atoms with E-state index in [9.17, 15) is 19.3 Å². The average molecular weight is 237 g/mol. The minimum atomic E-state index is -4.37. The van der Waals surface area contributed by atoms with Gasteiger partial charge in [0.05, 0.1) is 10.6 Å². The number of rotatable bonds is 1. The molecule has 0 atom stereocenters. The molecule has 0 amide bonds. The second kappa shape index (κ2) is 3.36. The van der Waals surface area contributed by atoms with Crippen LogP contribution in [0.5, 0.6) is 5.75 Å². The first kappa shape index (κ1) is 10.7. The van der Waals surface area contributed by atoms with E-state index >= 15 is 0 Å². The quantitative estimate of drug-likeness (QED) is 0.734. The molecule has 2 aromatic carbocycles. The van der Waals surface area contributed by atoms with Crippen molar-refractivity contribution in [2.24, 2.45) is 0 Å². The number of nitrogens with zero attached hydrogens (tertiary/aromatic N) is 1. The van der Waals surface area contributed by atoms with Gasteiger partial charge in [-0.15, -0.1) is 0 Å². The lowest BCUT2D eigenvalue weighted by molar-refractivity contribution is 0.471. The lowest BCUT2D eigenvalue weighted by Gasteiger charge is -2.04.